The summed E-state index contributed by atoms with van der Waals surface area (Å²) in [5.41, 5.74) is 0.935. The molecule has 2 aromatic rings. The Labute approximate surface area is 141 Å². The lowest BCUT2D eigenvalue weighted by Crippen LogP contribution is -2.45. The van der Waals surface area contributed by atoms with Gasteiger partial charge in [0.05, 0.1) is 24.6 Å². The average Bonchev–Trinajstić information content (AvgIpc) is 3.27. The second-order valence-corrected chi connectivity index (χ2v) is 8.49. The van der Waals surface area contributed by atoms with E-state index in [0.29, 0.717) is 13.1 Å². The van der Waals surface area contributed by atoms with Crippen molar-refractivity contribution in [1.29, 1.82) is 0 Å². The van der Waals surface area contributed by atoms with E-state index in [1.54, 1.807) is 24.0 Å². The van der Waals surface area contributed by atoms with Crippen LogP contribution < -0.4 is 0 Å². The molecule has 1 unspecified atom stereocenters. The van der Waals surface area contributed by atoms with Crippen molar-refractivity contribution in [2.45, 2.75) is 30.5 Å². The second kappa shape index (κ2) is 5.98. The number of sulfonamides is 1. The van der Waals surface area contributed by atoms with Crippen LogP contribution in [0.2, 0.25) is 0 Å². The van der Waals surface area contributed by atoms with Crippen molar-refractivity contribution in [3.05, 3.63) is 30.5 Å². The molecule has 0 aromatic carbocycles. The van der Waals surface area contributed by atoms with Crippen molar-refractivity contribution >= 4 is 10.0 Å². The van der Waals surface area contributed by atoms with Gasteiger partial charge in [0.25, 0.3) is 10.0 Å². The van der Waals surface area contributed by atoms with Crippen LogP contribution in [0.5, 0.6) is 0 Å². The zero-order valence-corrected chi connectivity index (χ0v) is 14.6. The van der Waals surface area contributed by atoms with E-state index in [9.17, 15) is 8.42 Å². The Bertz CT molecular complexity index is 821. The first-order valence-corrected chi connectivity index (χ1v) is 9.71. The molecule has 2 aromatic heterocycles. The third kappa shape index (κ3) is 2.76. The number of nitrogens with zero attached hydrogens (tertiary/aromatic N) is 6. The van der Waals surface area contributed by atoms with Gasteiger partial charge in [0, 0.05) is 32.5 Å². The zero-order chi connectivity index (χ0) is 16.7. The lowest BCUT2D eigenvalue weighted by molar-refractivity contribution is 0.201. The summed E-state index contributed by atoms with van der Waals surface area (Å²) >= 11 is 0. The van der Waals surface area contributed by atoms with Gasteiger partial charge in [-0.25, -0.2) is 13.4 Å². The van der Waals surface area contributed by atoms with Crippen LogP contribution in [0.25, 0.3) is 0 Å². The number of imidazole rings is 1. The molecule has 0 spiro atoms. The summed E-state index contributed by atoms with van der Waals surface area (Å²) < 4.78 is 31.0. The van der Waals surface area contributed by atoms with Gasteiger partial charge < -0.3 is 9.47 Å². The highest BCUT2D eigenvalue weighted by Crippen LogP contribution is 2.27. The molecule has 1 atom stereocenters. The van der Waals surface area contributed by atoms with Crippen molar-refractivity contribution in [2.75, 3.05) is 26.2 Å². The van der Waals surface area contributed by atoms with Gasteiger partial charge >= 0.3 is 0 Å². The molecule has 1 saturated heterocycles. The summed E-state index contributed by atoms with van der Waals surface area (Å²) in [5.74, 6) is 0. The summed E-state index contributed by atoms with van der Waals surface area (Å²) in [5, 5.41) is 4.53. The monoisotopic (exact) mass is 350 g/mol. The highest BCUT2D eigenvalue weighted by Gasteiger charge is 2.35. The molecular weight excluding hydrogens is 328 g/mol. The number of hydrogen-bond acceptors (Lipinski definition) is 5. The van der Waals surface area contributed by atoms with E-state index in [2.05, 4.69) is 15.0 Å². The Morgan fingerprint density at radius 3 is 2.79 bits per heavy atom. The Hall–Kier alpha value is -1.71. The molecule has 4 rings (SSSR count). The molecule has 1 fully saturated rings. The number of aryl methyl sites for hydroxylation is 1. The number of aromatic nitrogens is 4. The molecule has 9 heteroatoms. The molecule has 4 heterocycles. The van der Waals surface area contributed by atoms with Crippen molar-refractivity contribution < 1.29 is 8.42 Å². The first-order chi connectivity index (χ1) is 11.5. The maximum atomic E-state index is 12.9. The molecule has 0 amide bonds. The van der Waals surface area contributed by atoms with E-state index in [1.807, 2.05) is 10.7 Å². The fourth-order valence-electron chi connectivity index (χ4n) is 3.59. The highest BCUT2D eigenvalue weighted by atomic mass is 32.2. The predicted octanol–water partition coefficient (Wildman–Crippen LogP) is 0.458. The van der Waals surface area contributed by atoms with E-state index < -0.39 is 10.0 Å². The summed E-state index contributed by atoms with van der Waals surface area (Å²) in [4.78, 5) is 6.43. The van der Waals surface area contributed by atoms with Crippen molar-refractivity contribution in [2.24, 2.45) is 7.05 Å². The smallest absolute Gasteiger partial charge is 0.262 e. The van der Waals surface area contributed by atoms with Gasteiger partial charge in [-0.1, -0.05) is 0 Å². The van der Waals surface area contributed by atoms with Gasteiger partial charge in [0.15, 0.2) is 5.03 Å². The lowest BCUT2D eigenvalue weighted by Gasteiger charge is -2.34. The van der Waals surface area contributed by atoms with Crippen LogP contribution in [0.3, 0.4) is 0 Å². The quantitative estimate of drug-likeness (QED) is 0.801. The highest BCUT2D eigenvalue weighted by molar-refractivity contribution is 7.89. The predicted molar refractivity (Wildman–Crippen MR) is 87.7 cm³/mol. The second-order valence-electron chi connectivity index (χ2n) is 6.60. The molecule has 0 saturated carbocycles. The SMILES string of the molecule is Cn1cnc(S(=O)(=O)N2Cc3ccnn3C(CN3CCCC3)C2)c1. The molecular formula is C15H22N6O2S. The fourth-order valence-corrected chi connectivity index (χ4v) is 5.00. The zero-order valence-electron chi connectivity index (χ0n) is 13.7. The molecule has 0 bridgehead atoms. The minimum atomic E-state index is -3.59. The normalized spacial score (nSPS) is 22.8. The van der Waals surface area contributed by atoms with Crippen LogP contribution in [-0.2, 0) is 23.6 Å². The topological polar surface area (TPSA) is 76.3 Å². The largest absolute Gasteiger partial charge is 0.339 e. The Morgan fingerprint density at radius 2 is 2.08 bits per heavy atom. The Kier molecular flexibility index (Phi) is 3.93. The van der Waals surface area contributed by atoms with E-state index in [-0.39, 0.29) is 11.1 Å². The summed E-state index contributed by atoms with van der Waals surface area (Å²) in [6.07, 6.45) is 7.26. The Morgan fingerprint density at radius 1 is 1.29 bits per heavy atom. The number of likely N-dealkylation sites (tertiary alicyclic amines) is 1. The van der Waals surface area contributed by atoms with Crippen LogP contribution in [0.1, 0.15) is 24.6 Å². The standard InChI is InChI=1S/C15H22N6O2S/c1-18-11-15(16-12-18)24(22,23)20-9-13-4-5-17-21(13)14(10-20)8-19-6-2-3-7-19/h4-5,11-12,14H,2-3,6-10H2,1H3. The maximum absolute atomic E-state index is 12.9. The molecule has 2 aliphatic heterocycles. The summed E-state index contributed by atoms with van der Waals surface area (Å²) in [6, 6.07) is 1.94. The number of fused-ring (bicyclic) bond motifs is 1. The van der Waals surface area contributed by atoms with Gasteiger partial charge in [-0.2, -0.15) is 9.40 Å². The van der Waals surface area contributed by atoms with Gasteiger partial charge in [0.2, 0.25) is 0 Å². The summed E-state index contributed by atoms with van der Waals surface area (Å²) in [7, 11) is -1.82. The molecule has 24 heavy (non-hydrogen) atoms. The lowest BCUT2D eigenvalue weighted by atomic mass is 10.2. The third-order valence-electron chi connectivity index (χ3n) is 4.80. The van der Waals surface area contributed by atoms with Crippen molar-refractivity contribution in [3.63, 3.8) is 0 Å². The third-order valence-corrected chi connectivity index (χ3v) is 6.50. The number of rotatable bonds is 4. The maximum Gasteiger partial charge on any atom is 0.262 e. The van der Waals surface area contributed by atoms with Gasteiger partial charge in [-0.05, 0) is 32.0 Å². The molecule has 2 aliphatic rings. The average molecular weight is 350 g/mol. The minimum Gasteiger partial charge on any atom is -0.339 e. The molecule has 130 valence electrons. The first-order valence-electron chi connectivity index (χ1n) is 8.27. The minimum absolute atomic E-state index is 0.0420. The fraction of sp³-hybridized carbons (Fsp3) is 0.600. The van der Waals surface area contributed by atoms with Crippen LogP contribution in [0, 0.1) is 0 Å². The van der Waals surface area contributed by atoms with Crippen LogP contribution in [0.15, 0.2) is 29.8 Å². The molecule has 0 radical (unpaired) electrons. The van der Waals surface area contributed by atoms with Gasteiger partial charge in [0.1, 0.15) is 0 Å². The van der Waals surface area contributed by atoms with E-state index in [4.69, 9.17) is 0 Å². The molecule has 0 aliphatic carbocycles. The summed E-state index contributed by atoms with van der Waals surface area (Å²) in [6.45, 7) is 3.78. The van der Waals surface area contributed by atoms with Crippen LogP contribution in [0.4, 0.5) is 0 Å². The van der Waals surface area contributed by atoms with Gasteiger partial charge in [-0.3, -0.25) is 4.68 Å². The Balaban J connectivity index is 1.61. The van der Waals surface area contributed by atoms with Crippen molar-refractivity contribution in [1.82, 2.24) is 28.5 Å². The van der Waals surface area contributed by atoms with E-state index >= 15 is 0 Å². The first kappa shape index (κ1) is 15.8. The van der Waals surface area contributed by atoms with Crippen LogP contribution in [-0.4, -0.2) is 63.1 Å². The molecule has 0 N–H and O–H groups in total. The van der Waals surface area contributed by atoms with Gasteiger partial charge in [-0.15, -0.1) is 0 Å². The van der Waals surface area contributed by atoms with E-state index in [1.165, 1.54) is 23.5 Å². The van der Waals surface area contributed by atoms with Crippen molar-refractivity contribution in [3.8, 4) is 0 Å². The van der Waals surface area contributed by atoms with Crippen LogP contribution >= 0.6 is 0 Å². The number of hydrogen-bond donors (Lipinski definition) is 0. The van der Waals surface area contributed by atoms with E-state index in [0.717, 1.165) is 25.3 Å². The molecule has 8 nitrogen and oxygen atoms in total.